The number of carbonyl (C=O) groups excluding carboxylic acids is 1. The fourth-order valence-corrected chi connectivity index (χ4v) is 5.26. The maximum Gasteiger partial charge on any atom is 0.341 e. The van der Waals surface area contributed by atoms with Crippen LogP contribution in [-0.4, -0.2) is 41.5 Å². The van der Waals surface area contributed by atoms with Gasteiger partial charge in [0.05, 0.1) is 35.4 Å². The Morgan fingerprint density at radius 3 is 2.29 bits per heavy atom. The number of carboxylic acid groups (broad SMARTS) is 1. The second-order valence-corrected chi connectivity index (χ2v) is 8.25. The second kappa shape index (κ2) is 7.34. The van der Waals surface area contributed by atoms with Crippen LogP contribution in [0.4, 0.5) is 0 Å². The Bertz CT molecular complexity index is 1430. The van der Waals surface area contributed by atoms with Gasteiger partial charge in [-0.05, 0) is 18.2 Å². The van der Waals surface area contributed by atoms with E-state index in [0.717, 1.165) is 0 Å². The van der Waals surface area contributed by atoms with E-state index in [1.54, 1.807) is 0 Å². The number of phenols is 2. The Morgan fingerprint density at radius 2 is 1.65 bits per heavy atom. The number of aromatic carboxylic acids is 1. The lowest BCUT2D eigenvalue weighted by Crippen LogP contribution is -2.33. The molecule has 0 amide bonds. The lowest BCUT2D eigenvalue weighted by molar-refractivity contribution is 0.0222. The van der Waals surface area contributed by atoms with Crippen LogP contribution in [0, 0.1) is 0 Å². The summed E-state index contributed by atoms with van der Waals surface area (Å²) < 4.78 is 22.4. The van der Waals surface area contributed by atoms with E-state index in [4.69, 9.17) is 42.1 Å². The molecule has 174 valence electrons. The van der Waals surface area contributed by atoms with Crippen LogP contribution >= 0.6 is 23.2 Å². The fourth-order valence-electron chi connectivity index (χ4n) is 4.53. The van der Waals surface area contributed by atoms with E-state index in [2.05, 4.69) is 0 Å². The molecule has 1 spiro atoms. The third-order valence-corrected chi connectivity index (χ3v) is 6.39. The summed E-state index contributed by atoms with van der Waals surface area (Å²) in [5, 5.41) is 29.9. The van der Waals surface area contributed by atoms with Gasteiger partial charge in [-0.3, -0.25) is 0 Å². The number of esters is 1. The zero-order chi connectivity index (χ0) is 24.5. The lowest BCUT2D eigenvalue weighted by atomic mass is 9.76. The first-order chi connectivity index (χ1) is 16.1. The van der Waals surface area contributed by atoms with Crippen LogP contribution in [-0.2, 0) is 10.3 Å². The standard InChI is InChI=1S/C23H14Cl2O9/c1-31-19-15(21(28)29)14-17(18(25)20(19)32-2)23(34-22(14)30)10-4-3-8(26)6-12(10)33-13-7-9(27)5-11(24)16(13)23/h3-7,26-27H,1-2H3,(H,28,29). The van der Waals surface area contributed by atoms with Crippen LogP contribution in [0.2, 0.25) is 10.0 Å². The summed E-state index contributed by atoms with van der Waals surface area (Å²) in [7, 11) is 2.48. The van der Waals surface area contributed by atoms with Crippen molar-refractivity contribution in [2.24, 2.45) is 0 Å². The number of fused-ring (bicyclic) bond motifs is 6. The van der Waals surface area contributed by atoms with Crippen LogP contribution in [0.5, 0.6) is 34.5 Å². The molecule has 1 unspecified atom stereocenters. The average Bonchev–Trinajstić information content (AvgIpc) is 3.05. The van der Waals surface area contributed by atoms with Gasteiger partial charge in [0.25, 0.3) is 0 Å². The van der Waals surface area contributed by atoms with E-state index in [-0.39, 0.29) is 66.8 Å². The topological polar surface area (TPSA) is 132 Å². The molecule has 0 radical (unpaired) electrons. The van der Waals surface area contributed by atoms with Gasteiger partial charge in [0.1, 0.15) is 28.6 Å². The smallest absolute Gasteiger partial charge is 0.341 e. The minimum absolute atomic E-state index is 0.00600. The molecular weight excluding hydrogens is 491 g/mol. The highest BCUT2D eigenvalue weighted by Gasteiger charge is 2.58. The van der Waals surface area contributed by atoms with Crippen LogP contribution in [0.3, 0.4) is 0 Å². The number of carboxylic acids is 1. The van der Waals surface area contributed by atoms with Gasteiger partial charge in [-0.1, -0.05) is 23.2 Å². The molecule has 3 aromatic rings. The number of hydrogen-bond acceptors (Lipinski definition) is 8. The van der Waals surface area contributed by atoms with E-state index in [9.17, 15) is 24.9 Å². The number of rotatable bonds is 3. The van der Waals surface area contributed by atoms with Crippen LogP contribution in [0.25, 0.3) is 0 Å². The van der Waals surface area contributed by atoms with Crippen LogP contribution in [0.1, 0.15) is 37.4 Å². The molecule has 0 saturated carbocycles. The van der Waals surface area contributed by atoms with Crippen molar-refractivity contribution in [3.63, 3.8) is 0 Å². The molecule has 5 rings (SSSR count). The van der Waals surface area contributed by atoms with E-state index < -0.39 is 23.1 Å². The molecule has 3 aromatic carbocycles. The maximum atomic E-state index is 13.3. The van der Waals surface area contributed by atoms with Crippen molar-refractivity contribution >= 4 is 35.1 Å². The number of methoxy groups -OCH3 is 2. The van der Waals surface area contributed by atoms with Gasteiger partial charge in [-0.15, -0.1) is 0 Å². The molecule has 34 heavy (non-hydrogen) atoms. The SMILES string of the molecule is COc1c(Cl)c2c(c(C(=O)O)c1OC)C(=O)OC21c2ccc(O)cc2Oc2cc(O)cc(Cl)c21. The molecule has 0 aliphatic carbocycles. The summed E-state index contributed by atoms with van der Waals surface area (Å²) in [6.07, 6.45) is 0. The van der Waals surface area contributed by atoms with Gasteiger partial charge in [-0.2, -0.15) is 0 Å². The highest BCUT2D eigenvalue weighted by atomic mass is 35.5. The Hall–Kier alpha value is -3.82. The molecule has 0 fully saturated rings. The minimum Gasteiger partial charge on any atom is -0.508 e. The molecule has 2 aliphatic rings. The number of carbonyl (C=O) groups is 2. The van der Waals surface area contributed by atoms with Crippen molar-refractivity contribution in [2.75, 3.05) is 14.2 Å². The fraction of sp³-hybridized carbons (Fsp3) is 0.130. The van der Waals surface area contributed by atoms with Gasteiger partial charge in [0.2, 0.25) is 0 Å². The Balaban J connectivity index is 2.03. The normalized spacial score (nSPS) is 17.4. The van der Waals surface area contributed by atoms with Gasteiger partial charge in [-0.25, -0.2) is 9.59 Å². The van der Waals surface area contributed by atoms with Crippen molar-refractivity contribution in [1.29, 1.82) is 0 Å². The number of benzene rings is 3. The molecule has 1 atom stereocenters. The molecule has 9 nitrogen and oxygen atoms in total. The van der Waals surface area contributed by atoms with Crippen molar-refractivity contribution in [2.45, 2.75) is 5.60 Å². The monoisotopic (exact) mass is 504 g/mol. The number of aromatic hydroxyl groups is 2. The van der Waals surface area contributed by atoms with Crippen molar-refractivity contribution in [3.05, 3.63) is 68.2 Å². The maximum absolute atomic E-state index is 13.3. The summed E-state index contributed by atoms with van der Waals surface area (Å²) in [5.74, 6) is -3.21. The highest BCUT2D eigenvalue weighted by Crippen LogP contribution is 2.62. The minimum atomic E-state index is -1.89. The molecule has 0 aromatic heterocycles. The van der Waals surface area contributed by atoms with Crippen molar-refractivity contribution in [3.8, 4) is 34.5 Å². The summed E-state index contributed by atoms with van der Waals surface area (Å²) in [5.41, 5.74) is -2.51. The third kappa shape index (κ3) is 2.68. The Labute approximate surface area is 201 Å². The molecule has 2 aliphatic heterocycles. The van der Waals surface area contributed by atoms with Gasteiger partial charge >= 0.3 is 11.9 Å². The number of phenolic OH excluding ortho intramolecular Hbond substituents is 2. The number of halogens is 2. The van der Waals surface area contributed by atoms with E-state index >= 15 is 0 Å². The Kier molecular flexibility index (Phi) is 4.75. The molecule has 0 bridgehead atoms. The van der Waals surface area contributed by atoms with E-state index in [0.29, 0.717) is 0 Å². The first kappa shape index (κ1) is 22.0. The van der Waals surface area contributed by atoms with Gasteiger partial charge in [0, 0.05) is 23.3 Å². The predicted molar refractivity (Wildman–Crippen MR) is 118 cm³/mol. The lowest BCUT2D eigenvalue weighted by Gasteiger charge is -2.37. The molecule has 3 N–H and O–H groups in total. The van der Waals surface area contributed by atoms with E-state index in [1.165, 1.54) is 44.6 Å². The zero-order valence-corrected chi connectivity index (χ0v) is 18.9. The summed E-state index contributed by atoms with van der Waals surface area (Å²) in [6.45, 7) is 0. The molecular formula is C23H14Cl2O9. The molecule has 2 heterocycles. The van der Waals surface area contributed by atoms with Gasteiger partial charge < -0.3 is 34.3 Å². The summed E-state index contributed by atoms with van der Waals surface area (Å²) in [6, 6.07) is 6.51. The largest absolute Gasteiger partial charge is 0.508 e. The first-order valence-corrected chi connectivity index (χ1v) is 10.4. The average molecular weight is 505 g/mol. The first-order valence-electron chi connectivity index (χ1n) is 9.64. The number of ether oxygens (including phenoxy) is 4. The molecule has 11 heteroatoms. The zero-order valence-electron chi connectivity index (χ0n) is 17.4. The Morgan fingerprint density at radius 1 is 0.971 bits per heavy atom. The van der Waals surface area contributed by atoms with Crippen LogP contribution < -0.4 is 14.2 Å². The van der Waals surface area contributed by atoms with Crippen LogP contribution in [0.15, 0.2) is 30.3 Å². The second-order valence-electron chi connectivity index (χ2n) is 7.46. The van der Waals surface area contributed by atoms with E-state index in [1.807, 2.05) is 0 Å². The van der Waals surface area contributed by atoms with Gasteiger partial charge in [0.15, 0.2) is 17.1 Å². The number of hydrogen-bond donors (Lipinski definition) is 3. The van der Waals surface area contributed by atoms with Crippen molar-refractivity contribution in [1.82, 2.24) is 0 Å². The third-order valence-electron chi connectivity index (χ3n) is 5.73. The van der Waals surface area contributed by atoms with Crippen molar-refractivity contribution < 1.29 is 43.9 Å². The predicted octanol–water partition coefficient (Wildman–Crippen LogP) is 4.69. The quantitative estimate of drug-likeness (QED) is 0.434. The summed E-state index contributed by atoms with van der Waals surface area (Å²) in [4.78, 5) is 25.6. The molecule has 0 saturated heterocycles. The summed E-state index contributed by atoms with van der Waals surface area (Å²) >= 11 is 13.3. The highest BCUT2D eigenvalue weighted by molar-refractivity contribution is 6.35.